The standard InChI is InChI=1S/C17H14F3NO4/c1-2-24-12-8-6-11(7-9-12)16(17(18,19)20)10-13-14(21(22)23)4-3-5-15(13)25-16/h3-9H,2,10H2,1H3. The lowest BCUT2D eigenvalue weighted by molar-refractivity contribution is -0.385. The molecule has 132 valence electrons. The zero-order valence-corrected chi connectivity index (χ0v) is 13.2. The number of benzene rings is 2. The van der Waals surface area contributed by atoms with Crippen LogP contribution in [0.1, 0.15) is 18.1 Å². The molecule has 2 aromatic carbocycles. The van der Waals surface area contributed by atoms with Crippen LogP contribution in [0.15, 0.2) is 42.5 Å². The predicted molar refractivity (Wildman–Crippen MR) is 82.8 cm³/mol. The number of alkyl halides is 3. The van der Waals surface area contributed by atoms with Gasteiger partial charge in [-0.05, 0) is 25.1 Å². The molecule has 0 bridgehead atoms. The Kier molecular flexibility index (Phi) is 4.06. The highest BCUT2D eigenvalue weighted by molar-refractivity contribution is 5.55. The van der Waals surface area contributed by atoms with Crippen molar-refractivity contribution in [2.45, 2.75) is 25.1 Å². The van der Waals surface area contributed by atoms with Crippen molar-refractivity contribution < 1.29 is 27.6 Å². The summed E-state index contributed by atoms with van der Waals surface area (Å²) in [4.78, 5) is 10.4. The summed E-state index contributed by atoms with van der Waals surface area (Å²) in [6.07, 6.45) is -5.41. The maximum atomic E-state index is 13.9. The highest BCUT2D eigenvalue weighted by Crippen LogP contribution is 2.52. The molecule has 8 heteroatoms. The van der Waals surface area contributed by atoms with Crippen molar-refractivity contribution in [1.82, 2.24) is 0 Å². The molecule has 1 aliphatic rings. The summed E-state index contributed by atoms with van der Waals surface area (Å²) < 4.78 is 52.3. The molecule has 0 saturated heterocycles. The average molecular weight is 353 g/mol. The molecule has 3 rings (SSSR count). The van der Waals surface area contributed by atoms with E-state index in [2.05, 4.69) is 0 Å². The normalized spacial score (nSPS) is 19.2. The van der Waals surface area contributed by atoms with Gasteiger partial charge < -0.3 is 9.47 Å². The van der Waals surface area contributed by atoms with Crippen LogP contribution in [0.25, 0.3) is 0 Å². The van der Waals surface area contributed by atoms with E-state index < -0.39 is 23.1 Å². The van der Waals surface area contributed by atoms with Crippen LogP contribution in [0.3, 0.4) is 0 Å². The number of nitro benzene ring substituents is 1. The topological polar surface area (TPSA) is 61.6 Å². The minimum absolute atomic E-state index is 0.0568. The summed E-state index contributed by atoms with van der Waals surface area (Å²) in [6.45, 7) is 2.15. The van der Waals surface area contributed by atoms with Gasteiger partial charge in [-0.1, -0.05) is 18.2 Å². The Morgan fingerprint density at radius 2 is 1.92 bits per heavy atom. The molecule has 0 aliphatic carbocycles. The fourth-order valence-electron chi connectivity index (χ4n) is 2.94. The number of hydrogen-bond acceptors (Lipinski definition) is 4. The molecule has 2 aromatic rings. The first-order chi connectivity index (χ1) is 11.8. The Hall–Kier alpha value is -2.77. The zero-order chi connectivity index (χ0) is 18.2. The third-order valence-corrected chi connectivity index (χ3v) is 4.10. The number of nitrogens with zero attached hydrogens (tertiary/aromatic N) is 1. The molecule has 0 N–H and O–H groups in total. The van der Waals surface area contributed by atoms with Gasteiger partial charge in [0.15, 0.2) is 0 Å². The maximum Gasteiger partial charge on any atom is 0.432 e. The Labute approximate surface area is 141 Å². The van der Waals surface area contributed by atoms with Gasteiger partial charge in [0.25, 0.3) is 5.69 Å². The van der Waals surface area contributed by atoms with Crippen LogP contribution in [-0.2, 0) is 12.0 Å². The number of halogens is 3. The molecule has 25 heavy (non-hydrogen) atoms. The monoisotopic (exact) mass is 353 g/mol. The molecule has 0 amide bonds. The van der Waals surface area contributed by atoms with Crippen molar-refractivity contribution in [3.05, 3.63) is 63.7 Å². The van der Waals surface area contributed by atoms with E-state index in [1.165, 1.54) is 42.5 Å². The lowest BCUT2D eigenvalue weighted by Crippen LogP contribution is -2.46. The van der Waals surface area contributed by atoms with Crippen LogP contribution in [0, 0.1) is 10.1 Å². The van der Waals surface area contributed by atoms with E-state index in [-0.39, 0.29) is 22.6 Å². The highest BCUT2D eigenvalue weighted by Gasteiger charge is 2.62. The lowest BCUT2D eigenvalue weighted by Gasteiger charge is -2.31. The number of fused-ring (bicyclic) bond motifs is 1. The number of rotatable bonds is 4. The number of hydrogen-bond donors (Lipinski definition) is 0. The SMILES string of the molecule is CCOc1ccc(C2(C(F)(F)F)Cc3c(cccc3[N+](=O)[O-])O2)cc1. The van der Waals surface area contributed by atoms with Crippen LogP contribution < -0.4 is 9.47 Å². The van der Waals surface area contributed by atoms with E-state index >= 15 is 0 Å². The molecule has 0 spiro atoms. The third-order valence-electron chi connectivity index (χ3n) is 4.10. The quantitative estimate of drug-likeness (QED) is 0.604. The second kappa shape index (κ2) is 5.94. The second-order valence-electron chi connectivity index (χ2n) is 5.57. The molecular formula is C17H14F3NO4. The van der Waals surface area contributed by atoms with E-state index in [0.29, 0.717) is 12.4 Å². The Morgan fingerprint density at radius 1 is 1.24 bits per heavy atom. The summed E-state index contributed by atoms with van der Waals surface area (Å²) in [5.74, 6) is 0.311. The second-order valence-corrected chi connectivity index (χ2v) is 5.57. The van der Waals surface area contributed by atoms with Gasteiger partial charge in [-0.3, -0.25) is 10.1 Å². The zero-order valence-electron chi connectivity index (χ0n) is 13.2. The van der Waals surface area contributed by atoms with E-state index in [4.69, 9.17) is 9.47 Å². The summed E-state index contributed by atoms with van der Waals surface area (Å²) in [5, 5.41) is 11.1. The first kappa shape index (κ1) is 17.1. The van der Waals surface area contributed by atoms with Gasteiger partial charge in [-0.15, -0.1) is 0 Å². The Bertz CT molecular complexity index is 805. The summed E-state index contributed by atoms with van der Waals surface area (Å²) in [5.41, 5.74) is -3.23. The van der Waals surface area contributed by atoms with E-state index in [1.807, 2.05) is 0 Å². The first-order valence-electron chi connectivity index (χ1n) is 7.54. The van der Waals surface area contributed by atoms with Crippen LogP contribution in [0.2, 0.25) is 0 Å². The molecule has 1 unspecified atom stereocenters. The van der Waals surface area contributed by atoms with Crippen LogP contribution in [0.4, 0.5) is 18.9 Å². The largest absolute Gasteiger partial charge is 0.494 e. The van der Waals surface area contributed by atoms with Crippen LogP contribution >= 0.6 is 0 Å². The number of nitro groups is 1. The lowest BCUT2D eigenvalue weighted by atomic mass is 9.88. The van der Waals surface area contributed by atoms with Crippen molar-refractivity contribution in [2.75, 3.05) is 6.61 Å². The molecule has 5 nitrogen and oxygen atoms in total. The van der Waals surface area contributed by atoms with Gasteiger partial charge in [-0.2, -0.15) is 13.2 Å². The van der Waals surface area contributed by atoms with Crippen LogP contribution in [0.5, 0.6) is 11.5 Å². The molecule has 0 radical (unpaired) electrons. The van der Waals surface area contributed by atoms with E-state index in [1.54, 1.807) is 6.92 Å². The summed E-state index contributed by atoms with van der Waals surface area (Å²) in [6, 6.07) is 9.19. The van der Waals surface area contributed by atoms with Crippen molar-refractivity contribution in [2.24, 2.45) is 0 Å². The fourth-order valence-corrected chi connectivity index (χ4v) is 2.94. The first-order valence-corrected chi connectivity index (χ1v) is 7.54. The fraction of sp³-hybridized carbons (Fsp3) is 0.294. The smallest absolute Gasteiger partial charge is 0.432 e. The van der Waals surface area contributed by atoms with Crippen molar-refractivity contribution in [1.29, 1.82) is 0 Å². The summed E-state index contributed by atoms with van der Waals surface area (Å²) >= 11 is 0. The van der Waals surface area contributed by atoms with Gasteiger partial charge in [0, 0.05) is 18.1 Å². The third kappa shape index (κ3) is 2.77. The molecule has 0 fully saturated rings. The van der Waals surface area contributed by atoms with Gasteiger partial charge in [0.1, 0.15) is 11.5 Å². The van der Waals surface area contributed by atoms with E-state index in [9.17, 15) is 23.3 Å². The highest BCUT2D eigenvalue weighted by atomic mass is 19.4. The van der Waals surface area contributed by atoms with Crippen molar-refractivity contribution >= 4 is 5.69 Å². The predicted octanol–water partition coefficient (Wildman–Crippen LogP) is 4.39. The van der Waals surface area contributed by atoms with Crippen LogP contribution in [-0.4, -0.2) is 17.7 Å². The minimum atomic E-state index is -4.76. The molecule has 1 heterocycles. The average Bonchev–Trinajstić information content (AvgIpc) is 2.96. The Morgan fingerprint density at radius 3 is 2.48 bits per heavy atom. The van der Waals surface area contributed by atoms with E-state index in [0.717, 1.165) is 0 Å². The molecule has 0 saturated carbocycles. The minimum Gasteiger partial charge on any atom is -0.494 e. The molecule has 0 aromatic heterocycles. The molecule has 1 aliphatic heterocycles. The molecule has 1 atom stereocenters. The Balaban J connectivity index is 2.08. The number of ether oxygens (including phenoxy) is 2. The summed E-state index contributed by atoms with van der Waals surface area (Å²) in [7, 11) is 0. The van der Waals surface area contributed by atoms with Gasteiger partial charge in [0.05, 0.1) is 17.1 Å². The van der Waals surface area contributed by atoms with Crippen molar-refractivity contribution in [3.63, 3.8) is 0 Å². The van der Waals surface area contributed by atoms with Gasteiger partial charge in [0.2, 0.25) is 5.60 Å². The van der Waals surface area contributed by atoms with Gasteiger partial charge >= 0.3 is 6.18 Å². The maximum absolute atomic E-state index is 13.9. The van der Waals surface area contributed by atoms with Gasteiger partial charge in [-0.25, -0.2) is 0 Å². The van der Waals surface area contributed by atoms with Crippen molar-refractivity contribution in [3.8, 4) is 11.5 Å². The molecular weight excluding hydrogens is 339 g/mol.